The molecule has 0 saturated heterocycles. The van der Waals surface area contributed by atoms with Crippen LogP contribution in [0.3, 0.4) is 0 Å². The molecular weight excluding hydrogens is 330 g/mol. The second kappa shape index (κ2) is 6.76. The first-order valence-electron chi connectivity index (χ1n) is 8.49. The van der Waals surface area contributed by atoms with Crippen molar-refractivity contribution in [2.75, 3.05) is 0 Å². The number of rotatable bonds is 3. The van der Waals surface area contributed by atoms with Crippen LogP contribution in [0, 0.1) is 12.8 Å². The molecule has 0 N–H and O–H groups in total. The molecule has 25 heavy (non-hydrogen) atoms. The normalized spacial score (nSPS) is 17.6. The molecule has 1 aliphatic rings. The Morgan fingerprint density at radius 2 is 2.12 bits per heavy atom. The van der Waals surface area contributed by atoms with E-state index in [0.29, 0.717) is 11.3 Å². The van der Waals surface area contributed by atoms with Crippen molar-refractivity contribution in [3.63, 3.8) is 0 Å². The molecule has 4 rings (SSSR count). The lowest BCUT2D eigenvalue weighted by atomic mass is 9.96. The highest BCUT2D eigenvalue weighted by molar-refractivity contribution is 7.19. The number of aryl methyl sites for hydroxylation is 1. The van der Waals surface area contributed by atoms with Crippen LogP contribution in [-0.4, -0.2) is 15.9 Å². The molecule has 126 valence electrons. The smallest absolute Gasteiger partial charge is 0.267 e. The second-order valence-electron chi connectivity index (χ2n) is 6.28. The Bertz CT molecular complexity index is 1010. The van der Waals surface area contributed by atoms with E-state index < -0.39 is 0 Å². The maximum absolute atomic E-state index is 13.0. The van der Waals surface area contributed by atoms with Gasteiger partial charge in [-0.2, -0.15) is 9.78 Å². The molecule has 1 aromatic carbocycles. The summed E-state index contributed by atoms with van der Waals surface area (Å²) in [6, 6.07) is 10.0. The third-order valence-corrected chi connectivity index (χ3v) is 5.56. The van der Waals surface area contributed by atoms with E-state index in [-0.39, 0.29) is 5.56 Å². The Balaban J connectivity index is 1.81. The maximum atomic E-state index is 13.0. The number of nitrogens with zero attached hydrogens (tertiary/aromatic N) is 3. The molecular formula is C20H19N3OS. The number of hydrogen-bond acceptors (Lipinski definition) is 4. The van der Waals surface area contributed by atoms with Gasteiger partial charge in [0.05, 0.1) is 5.39 Å². The zero-order valence-corrected chi connectivity index (χ0v) is 14.9. The summed E-state index contributed by atoms with van der Waals surface area (Å²) in [7, 11) is 0. The lowest BCUT2D eigenvalue weighted by Crippen LogP contribution is -2.18. The van der Waals surface area contributed by atoms with Crippen molar-refractivity contribution in [2.45, 2.75) is 26.2 Å². The molecule has 0 saturated carbocycles. The summed E-state index contributed by atoms with van der Waals surface area (Å²) < 4.78 is 1.37. The van der Waals surface area contributed by atoms with Gasteiger partial charge in [-0.05, 0) is 37.7 Å². The average molecular weight is 349 g/mol. The Morgan fingerprint density at radius 1 is 1.28 bits per heavy atom. The van der Waals surface area contributed by atoms with Crippen LogP contribution in [0.1, 0.15) is 24.1 Å². The summed E-state index contributed by atoms with van der Waals surface area (Å²) in [4.78, 5) is 19.4. The van der Waals surface area contributed by atoms with Gasteiger partial charge in [0.2, 0.25) is 0 Å². The number of fused-ring (bicyclic) bond motifs is 1. The molecule has 2 aromatic heterocycles. The van der Waals surface area contributed by atoms with E-state index in [2.05, 4.69) is 22.2 Å². The Hall–Kier alpha value is -2.53. The number of benzene rings is 1. The molecule has 5 heteroatoms. The zero-order valence-electron chi connectivity index (χ0n) is 14.1. The Labute approximate surface area is 150 Å². The molecule has 2 heterocycles. The fourth-order valence-corrected chi connectivity index (χ4v) is 4.25. The van der Waals surface area contributed by atoms with Crippen LogP contribution < -0.4 is 5.56 Å². The topological polar surface area (TPSA) is 47.2 Å². The minimum absolute atomic E-state index is 0.101. The highest BCUT2D eigenvalue weighted by atomic mass is 32.1. The predicted octanol–water partition coefficient (Wildman–Crippen LogP) is 4.62. The molecule has 0 fully saturated rings. The van der Waals surface area contributed by atoms with Crippen molar-refractivity contribution in [3.05, 3.63) is 64.0 Å². The molecule has 1 aliphatic carbocycles. The van der Waals surface area contributed by atoms with Gasteiger partial charge >= 0.3 is 0 Å². The van der Waals surface area contributed by atoms with Gasteiger partial charge in [0, 0.05) is 16.7 Å². The molecule has 0 radical (unpaired) electrons. The minimum atomic E-state index is -0.101. The van der Waals surface area contributed by atoms with E-state index in [0.717, 1.165) is 40.1 Å². The Morgan fingerprint density at radius 3 is 2.88 bits per heavy atom. The molecule has 1 atom stereocenters. The monoisotopic (exact) mass is 349 g/mol. The van der Waals surface area contributed by atoms with E-state index in [1.165, 1.54) is 11.0 Å². The number of allylic oxidation sites excluding steroid dienone is 2. The van der Waals surface area contributed by atoms with Crippen LogP contribution >= 0.6 is 11.3 Å². The number of aromatic nitrogens is 2. The summed E-state index contributed by atoms with van der Waals surface area (Å²) in [5.74, 6) is 0.394. The fourth-order valence-electron chi connectivity index (χ4n) is 3.25. The van der Waals surface area contributed by atoms with Crippen LogP contribution in [0.5, 0.6) is 0 Å². The van der Waals surface area contributed by atoms with Crippen LogP contribution in [0.15, 0.2) is 58.7 Å². The number of thiophene rings is 1. The van der Waals surface area contributed by atoms with E-state index in [4.69, 9.17) is 0 Å². The first kappa shape index (κ1) is 16.0. The zero-order chi connectivity index (χ0) is 17.2. The van der Waals surface area contributed by atoms with Gasteiger partial charge in [-0.25, -0.2) is 4.98 Å². The molecule has 3 aromatic rings. The van der Waals surface area contributed by atoms with Gasteiger partial charge in [-0.15, -0.1) is 11.3 Å². The van der Waals surface area contributed by atoms with Gasteiger partial charge < -0.3 is 0 Å². The SMILES string of the molecule is Cc1sc2ncn(/N=C\[C@H]3CC=CCC3)c(=O)c2c1-c1ccccc1. The van der Waals surface area contributed by atoms with Gasteiger partial charge in [-0.3, -0.25) is 4.79 Å². The summed E-state index contributed by atoms with van der Waals surface area (Å²) in [5, 5.41) is 5.07. The van der Waals surface area contributed by atoms with Crippen molar-refractivity contribution in [1.29, 1.82) is 0 Å². The quantitative estimate of drug-likeness (QED) is 0.511. The third kappa shape index (κ3) is 3.07. The molecule has 0 spiro atoms. The largest absolute Gasteiger partial charge is 0.283 e. The van der Waals surface area contributed by atoms with Gasteiger partial charge in [0.1, 0.15) is 11.2 Å². The molecule has 4 nitrogen and oxygen atoms in total. The van der Waals surface area contributed by atoms with E-state index in [1.54, 1.807) is 11.3 Å². The lowest BCUT2D eigenvalue weighted by Gasteiger charge is -2.11. The maximum Gasteiger partial charge on any atom is 0.283 e. The summed E-state index contributed by atoms with van der Waals surface area (Å²) >= 11 is 1.56. The lowest BCUT2D eigenvalue weighted by molar-refractivity contribution is 0.620. The van der Waals surface area contributed by atoms with E-state index >= 15 is 0 Å². The second-order valence-corrected chi connectivity index (χ2v) is 7.49. The van der Waals surface area contributed by atoms with Gasteiger partial charge in [0.15, 0.2) is 0 Å². The molecule has 0 amide bonds. The van der Waals surface area contributed by atoms with Crippen LogP contribution in [0.25, 0.3) is 21.3 Å². The summed E-state index contributed by atoms with van der Waals surface area (Å²) in [6.45, 7) is 2.04. The van der Waals surface area contributed by atoms with Crippen molar-refractivity contribution in [2.24, 2.45) is 11.0 Å². The summed E-state index contributed by atoms with van der Waals surface area (Å²) in [5.41, 5.74) is 1.92. The van der Waals surface area contributed by atoms with Crippen LogP contribution in [0.4, 0.5) is 0 Å². The summed E-state index contributed by atoms with van der Waals surface area (Å²) in [6.07, 6.45) is 10.9. The average Bonchev–Trinajstić information content (AvgIpc) is 2.99. The van der Waals surface area contributed by atoms with Crippen molar-refractivity contribution < 1.29 is 0 Å². The minimum Gasteiger partial charge on any atom is -0.267 e. The van der Waals surface area contributed by atoms with Crippen molar-refractivity contribution in [1.82, 2.24) is 9.66 Å². The van der Waals surface area contributed by atoms with E-state index in [9.17, 15) is 4.79 Å². The molecule has 0 unspecified atom stereocenters. The number of hydrogen-bond donors (Lipinski definition) is 0. The highest BCUT2D eigenvalue weighted by Gasteiger charge is 2.16. The van der Waals surface area contributed by atoms with Crippen LogP contribution in [0.2, 0.25) is 0 Å². The fraction of sp³-hybridized carbons (Fsp3) is 0.250. The Kier molecular flexibility index (Phi) is 4.32. The van der Waals surface area contributed by atoms with Crippen molar-refractivity contribution >= 4 is 27.8 Å². The first-order chi connectivity index (χ1) is 12.2. The van der Waals surface area contributed by atoms with Gasteiger partial charge in [-0.1, -0.05) is 42.5 Å². The highest BCUT2D eigenvalue weighted by Crippen LogP contribution is 2.35. The van der Waals surface area contributed by atoms with Crippen molar-refractivity contribution in [3.8, 4) is 11.1 Å². The standard InChI is InChI=1S/C20H19N3OS/c1-14-17(16-10-6-3-7-11-16)18-19(25-14)21-13-23(20(18)24)22-12-15-8-4-2-5-9-15/h2-4,6-7,10-13,15H,5,8-9H2,1H3/b22-12-/t15-/m0/s1. The molecule has 0 aliphatic heterocycles. The first-order valence-corrected chi connectivity index (χ1v) is 9.31. The molecule has 0 bridgehead atoms. The van der Waals surface area contributed by atoms with E-state index in [1.807, 2.05) is 43.5 Å². The third-order valence-electron chi connectivity index (χ3n) is 4.55. The predicted molar refractivity (Wildman–Crippen MR) is 104 cm³/mol. The van der Waals surface area contributed by atoms with Crippen LogP contribution in [-0.2, 0) is 0 Å². The van der Waals surface area contributed by atoms with Gasteiger partial charge in [0.25, 0.3) is 5.56 Å².